The van der Waals surface area contributed by atoms with Gasteiger partial charge in [0.1, 0.15) is 11.6 Å². The van der Waals surface area contributed by atoms with Gasteiger partial charge in [0.05, 0.1) is 10.2 Å². The molecule has 27 heavy (non-hydrogen) atoms. The molecule has 1 saturated heterocycles. The second-order valence-electron chi connectivity index (χ2n) is 6.62. The molecule has 0 radical (unpaired) electrons. The summed E-state index contributed by atoms with van der Waals surface area (Å²) in [4.78, 5) is 27.0. The number of thiophene rings is 1. The Bertz CT molecular complexity index is 965. The van der Waals surface area contributed by atoms with Gasteiger partial charge in [-0.05, 0) is 36.5 Å². The fraction of sp³-hybridized carbons (Fsp3) is 0.333. The zero-order valence-corrected chi connectivity index (χ0v) is 16.0. The van der Waals surface area contributed by atoms with Gasteiger partial charge in [-0.3, -0.25) is 5.32 Å². The normalized spacial score (nSPS) is 16.4. The van der Waals surface area contributed by atoms with Crippen molar-refractivity contribution in [3.8, 4) is 11.4 Å². The van der Waals surface area contributed by atoms with Crippen LogP contribution >= 0.6 is 11.3 Å². The van der Waals surface area contributed by atoms with Crippen LogP contribution in [0.5, 0.6) is 0 Å². The molecule has 9 heteroatoms. The summed E-state index contributed by atoms with van der Waals surface area (Å²) < 4.78 is 1.06. The zero-order chi connectivity index (χ0) is 18.8. The summed E-state index contributed by atoms with van der Waals surface area (Å²) in [6, 6.07) is 5.77. The quantitative estimate of drug-likeness (QED) is 0.641. The summed E-state index contributed by atoms with van der Waals surface area (Å²) in [5.74, 6) is 1.93. The Morgan fingerprint density at radius 1 is 1.33 bits per heavy atom. The van der Waals surface area contributed by atoms with Crippen LogP contribution in [0.2, 0.25) is 0 Å². The number of urea groups is 1. The topological polar surface area (TPSA) is 95.1 Å². The molecule has 1 unspecified atom stereocenters. The van der Waals surface area contributed by atoms with E-state index in [-0.39, 0.29) is 6.03 Å². The lowest BCUT2D eigenvalue weighted by atomic mass is 10.2. The van der Waals surface area contributed by atoms with Crippen LogP contribution < -0.4 is 16.0 Å². The van der Waals surface area contributed by atoms with Crippen LogP contribution in [0, 0.1) is 0 Å². The molecule has 4 heterocycles. The Morgan fingerprint density at radius 3 is 3.00 bits per heavy atom. The standard InChI is InChI=1S/C18H21N7OS/c1-25(2)18(26)23-14-9-11(3-7-20-14)16-22-13-5-8-27-15(13)17(24-16)21-12-4-6-19-10-12/h3,5,7-9,12,19H,4,6,10H2,1-2H3,(H,20,23,26)(H,21,22,24). The van der Waals surface area contributed by atoms with Crippen molar-refractivity contribution >= 4 is 39.2 Å². The van der Waals surface area contributed by atoms with Crippen LogP contribution in [0.25, 0.3) is 21.6 Å². The van der Waals surface area contributed by atoms with Crippen molar-refractivity contribution in [3.05, 3.63) is 29.8 Å². The summed E-state index contributed by atoms with van der Waals surface area (Å²) >= 11 is 1.63. The predicted molar refractivity (Wildman–Crippen MR) is 108 cm³/mol. The van der Waals surface area contributed by atoms with E-state index < -0.39 is 0 Å². The molecule has 0 spiro atoms. The number of fused-ring (bicyclic) bond motifs is 1. The molecule has 8 nitrogen and oxygen atoms in total. The number of nitrogens with one attached hydrogen (secondary N) is 3. The second kappa shape index (κ2) is 7.45. The highest BCUT2D eigenvalue weighted by atomic mass is 32.1. The molecule has 1 fully saturated rings. The third-order valence-electron chi connectivity index (χ3n) is 4.36. The van der Waals surface area contributed by atoms with Crippen LogP contribution in [0.4, 0.5) is 16.4 Å². The number of amides is 2. The first-order valence-corrected chi connectivity index (χ1v) is 9.65. The predicted octanol–water partition coefficient (Wildman–Crippen LogP) is 2.62. The first-order chi connectivity index (χ1) is 13.1. The summed E-state index contributed by atoms with van der Waals surface area (Å²) in [5, 5.41) is 11.7. The summed E-state index contributed by atoms with van der Waals surface area (Å²) in [5.41, 5.74) is 1.72. The molecule has 1 atom stereocenters. The maximum Gasteiger partial charge on any atom is 0.322 e. The minimum absolute atomic E-state index is 0.232. The number of carbonyl (C=O) groups excluding carboxylic acids is 1. The highest BCUT2D eigenvalue weighted by Gasteiger charge is 2.18. The smallest absolute Gasteiger partial charge is 0.322 e. The van der Waals surface area contributed by atoms with Gasteiger partial charge >= 0.3 is 6.03 Å². The molecule has 1 aliphatic heterocycles. The van der Waals surface area contributed by atoms with Gasteiger partial charge in [-0.2, -0.15) is 0 Å². The van der Waals surface area contributed by atoms with Gasteiger partial charge in [-0.25, -0.2) is 19.7 Å². The van der Waals surface area contributed by atoms with Gasteiger partial charge in [-0.1, -0.05) is 0 Å². The first kappa shape index (κ1) is 17.6. The number of rotatable bonds is 4. The molecule has 0 aromatic carbocycles. The number of hydrogen-bond acceptors (Lipinski definition) is 7. The lowest BCUT2D eigenvalue weighted by Gasteiger charge is -2.14. The van der Waals surface area contributed by atoms with E-state index in [0.29, 0.717) is 17.7 Å². The number of nitrogens with zero attached hydrogens (tertiary/aromatic N) is 4. The third-order valence-corrected chi connectivity index (χ3v) is 5.27. The number of aromatic nitrogens is 3. The second-order valence-corrected chi connectivity index (χ2v) is 7.54. The molecule has 140 valence electrons. The molecule has 3 aromatic heterocycles. The molecule has 0 saturated carbocycles. The monoisotopic (exact) mass is 383 g/mol. The number of carbonyl (C=O) groups is 1. The van der Waals surface area contributed by atoms with Crippen molar-refractivity contribution in [1.82, 2.24) is 25.2 Å². The molecule has 1 aliphatic rings. The Labute approximate surface area is 161 Å². The summed E-state index contributed by atoms with van der Waals surface area (Å²) in [6.07, 6.45) is 2.72. The maximum atomic E-state index is 11.9. The van der Waals surface area contributed by atoms with E-state index in [1.165, 1.54) is 4.90 Å². The van der Waals surface area contributed by atoms with Crippen molar-refractivity contribution in [3.63, 3.8) is 0 Å². The van der Waals surface area contributed by atoms with Crippen molar-refractivity contribution in [2.45, 2.75) is 12.5 Å². The van der Waals surface area contributed by atoms with E-state index >= 15 is 0 Å². The van der Waals surface area contributed by atoms with Crippen LogP contribution in [0.15, 0.2) is 29.8 Å². The molecule has 4 rings (SSSR count). The van der Waals surface area contributed by atoms with E-state index in [9.17, 15) is 4.79 Å². The molecular weight excluding hydrogens is 362 g/mol. The highest BCUT2D eigenvalue weighted by molar-refractivity contribution is 7.17. The Morgan fingerprint density at radius 2 is 2.22 bits per heavy atom. The fourth-order valence-electron chi connectivity index (χ4n) is 2.92. The van der Waals surface area contributed by atoms with Gasteiger partial charge in [0, 0.05) is 38.4 Å². The number of pyridine rings is 1. The van der Waals surface area contributed by atoms with Crippen molar-refractivity contribution < 1.29 is 4.79 Å². The van der Waals surface area contributed by atoms with Crippen molar-refractivity contribution in [2.75, 3.05) is 37.8 Å². The van der Waals surface area contributed by atoms with Gasteiger partial charge in [-0.15, -0.1) is 11.3 Å². The Kier molecular flexibility index (Phi) is 4.87. The van der Waals surface area contributed by atoms with E-state index in [0.717, 1.165) is 41.1 Å². The Balaban J connectivity index is 1.68. The molecule has 0 bridgehead atoms. The minimum Gasteiger partial charge on any atom is -0.365 e. The van der Waals surface area contributed by atoms with E-state index in [4.69, 9.17) is 4.98 Å². The summed E-state index contributed by atoms with van der Waals surface area (Å²) in [6.45, 7) is 1.95. The van der Waals surface area contributed by atoms with Crippen LogP contribution in [-0.2, 0) is 0 Å². The molecule has 0 aliphatic carbocycles. The van der Waals surface area contributed by atoms with E-state index in [1.54, 1.807) is 37.7 Å². The molecule has 3 N–H and O–H groups in total. The zero-order valence-electron chi connectivity index (χ0n) is 15.2. The average Bonchev–Trinajstić information content (AvgIpc) is 3.33. The fourth-order valence-corrected chi connectivity index (χ4v) is 3.70. The molecule has 3 aromatic rings. The largest absolute Gasteiger partial charge is 0.365 e. The van der Waals surface area contributed by atoms with Crippen LogP contribution in [-0.4, -0.2) is 59.1 Å². The highest BCUT2D eigenvalue weighted by Crippen LogP contribution is 2.30. The minimum atomic E-state index is -0.232. The SMILES string of the molecule is CN(C)C(=O)Nc1cc(-c2nc(NC3CCNC3)c3sccc3n2)ccn1. The Hall–Kier alpha value is -2.78. The first-order valence-electron chi connectivity index (χ1n) is 8.77. The molecule has 2 amide bonds. The lowest BCUT2D eigenvalue weighted by Crippen LogP contribution is -2.27. The number of hydrogen-bond donors (Lipinski definition) is 3. The van der Waals surface area contributed by atoms with E-state index in [1.807, 2.05) is 17.5 Å². The third kappa shape index (κ3) is 3.83. The molecular formula is C18H21N7OS. The average molecular weight is 383 g/mol. The van der Waals surface area contributed by atoms with Gasteiger partial charge in [0.2, 0.25) is 0 Å². The van der Waals surface area contributed by atoms with E-state index in [2.05, 4.69) is 25.9 Å². The lowest BCUT2D eigenvalue weighted by molar-refractivity contribution is 0.230. The summed E-state index contributed by atoms with van der Waals surface area (Å²) in [7, 11) is 3.37. The number of anilines is 2. The van der Waals surface area contributed by atoms with Gasteiger partial charge in [0.25, 0.3) is 0 Å². The van der Waals surface area contributed by atoms with Crippen LogP contribution in [0.3, 0.4) is 0 Å². The van der Waals surface area contributed by atoms with Gasteiger partial charge < -0.3 is 15.5 Å². The van der Waals surface area contributed by atoms with Crippen molar-refractivity contribution in [1.29, 1.82) is 0 Å². The van der Waals surface area contributed by atoms with Crippen molar-refractivity contribution in [2.24, 2.45) is 0 Å². The van der Waals surface area contributed by atoms with Gasteiger partial charge in [0.15, 0.2) is 5.82 Å². The maximum absolute atomic E-state index is 11.9. The van der Waals surface area contributed by atoms with Crippen LogP contribution in [0.1, 0.15) is 6.42 Å².